The molecular formula is C26H21N3O2. The molecular weight excluding hydrogens is 386 g/mol. The van der Waals surface area contributed by atoms with Crippen LogP contribution >= 0.6 is 0 Å². The minimum Gasteiger partial charge on any atom is -0.495 e. The van der Waals surface area contributed by atoms with Crippen molar-refractivity contribution in [3.63, 3.8) is 0 Å². The Morgan fingerprint density at radius 3 is 2.52 bits per heavy atom. The van der Waals surface area contributed by atoms with Gasteiger partial charge in [-0.3, -0.25) is 9.89 Å². The quantitative estimate of drug-likeness (QED) is 0.414. The standard InChI is InChI=1S/C26H21N3O2/c1-31-25-21(26(30)27-16-17-7-3-2-4-8-17)13-14-22-23(25)24(29-28-22)20-12-11-18-9-5-6-10-19(18)15-20/h2-15H,16H2,1H3,(H,27,30)(H,28,29). The second-order valence-corrected chi connectivity index (χ2v) is 7.37. The van der Waals surface area contributed by atoms with Gasteiger partial charge in [-0.2, -0.15) is 5.10 Å². The number of nitrogens with zero attached hydrogens (tertiary/aromatic N) is 1. The maximum absolute atomic E-state index is 13.0. The summed E-state index contributed by atoms with van der Waals surface area (Å²) in [6, 6.07) is 27.9. The van der Waals surface area contributed by atoms with Gasteiger partial charge in [-0.25, -0.2) is 0 Å². The van der Waals surface area contributed by atoms with Crippen molar-refractivity contribution in [1.29, 1.82) is 0 Å². The van der Waals surface area contributed by atoms with E-state index >= 15 is 0 Å². The summed E-state index contributed by atoms with van der Waals surface area (Å²) in [4.78, 5) is 13.0. The normalized spacial score (nSPS) is 11.0. The minimum absolute atomic E-state index is 0.187. The molecule has 1 aromatic heterocycles. The first-order chi connectivity index (χ1) is 15.2. The molecule has 31 heavy (non-hydrogen) atoms. The van der Waals surface area contributed by atoms with Crippen LogP contribution in [0.2, 0.25) is 0 Å². The minimum atomic E-state index is -0.187. The zero-order valence-corrected chi connectivity index (χ0v) is 17.1. The molecule has 0 fully saturated rings. The highest BCUT2D eigenvalue weighted by atomic mass is 16.5. The summed E-state index contributed by atoms with van der Waals surface area (Å²) in [6.07, 6.45) is 0. The van der Waals surface area contributed by atoms with Gasteiger partial charge in [0.2, 0.25) is 0 Å². The summed E-state index contributed by atoms with van der Waals surface area (Å²) in [5.74, 6) is 0.327. The average Bonchev–Trinajstić information content (AvgIpc) is 3.26. The number of ether oxygens (including phenoxy) is 1. The molecule has 5 aromatic rings. The molecule has 152 valence electrons. The smallest absolute Gasteiger partial charge is 0.255 e. The third kappa shape index (κ3) is 3.51. The fourth-order valence-corrected chi connectivity index (χ4v) is 3.90. The Labute approximate surface area is 179 Å². The zero-order valence-electron chi connectivity index (χ0n) is 17.1. The van der Waals surface area contributed by atoms with E-state index in [0.29, 0.717) is 17.9 Å². The first-order valence-corrected chi connectivity index (χ1v) is 10.1. The summed E-state index contributed by atoms with van der Waals surface area (Å²) >= 11 is 0. The average molecular weight is 407 g/mol. The molecule has 1 amide bonds. The fraction of sp³-hybridized carbons (Fsp3) is 0.0769. The highest BCUT2D eigenvalue weighted by Crippen LogP contribution is 2.37. The summed E-state index contributed by atoms with van der Waals surface area (Å²) in [5, 5.41) is 13.7. The van der Waals surface area contributed by atoms with Gasteiger partial charge in [0, 0.05) is 12.1 Å². The molecule has 0 bridgehead atoms. The maximum atomic E-state index is 13.0. The first-order valence-electron chi connectivity index (χ1n) is 10.1. The lowest BCUT2D eigenvalue weighted by molar-refractivity contribution is 0.0948. The van der Waals surface area contributed by atoms with Gasteiger partial charge in [-0.1, -0.05) is 66.7 Å². The first kappa shape index (κ1) is 18.9. The van der Waals surface area contributed by atoms with Crippen LogP contribution in [0.25, 0.3) is 32.9 Å². The molecule has 4 aromatic carbocycles. The molecule has 5 rings (SSSR count). The summed E-state index contributed by atoms with van der Waals surface area (Å²) in [6.45, 7) is 0.448. The van der Waals surface area contributed by atoms with Crippen LogP contribution in [-0.4, -0.2) is 23.2 Å². The van der Waals surface area contributed by atoms with E-state index in [1.165, 1.54) is 5.39 Å². The largest absolute Gasteiger partial charge is 0.495 e. The van der Waals surface area contributed by atoms with Gasteiger partial charge in [-0.15, -0.1) is 0 Å². The third-order valence-corrected chi connectivity index (χ3v) is 5.46. The number of aromatic amines is 1. The van der Waals surface area contributed by atoms with Gasteiger partial charge < -0.3 is 10.1 Å². The monoisotopic (exact) mass is 407 g/mol. The number of carbonyl (C=O) groups excluding carboxylic acids is 1. The van der Waals surface area contributed by atoms with E-state index in [1.54, 1.807) is 13.2 Å². The van der Waals surface area contributed by atoms with Crippen molar-refractivity contribution >= 4 is 27.6 Å². The lowest BCUT2D eigenvalue weighted by Gasteiger charge is -2.12. The molecule has 5 nitrogen and oxygen atoms in total. The van der Waals surface area contributed by atoms with Crippen LogP contribution in [0.1, 0.15) is 15.9 Å². The van der Waals surface area contributed by atoms with Crippen LogP contribution in [0.3, 0.4) is 0 Å². The van der Waals surface area contributed by atoms with Crippen LogP contribution in [0.15, 0.2) is 84.9 Å². The Morgan fingerprint density at radius 2 is 1.71 bits per heavy atom. The van der Waals surface area contributed by atoms with Crippen molar-refractivity contribution in [2.75, 3.05) is 7.11 Å². The van der Waals surface area contributed by atoms with E-state index in [9.17, 15) is 4.79 Å². The Balaban J connectivity index is 1.55. The number of hydrogen-bond donors (Lipinski definition) is 2. The van der Waals surface area contributed by atoms with Crippen molar-refractivity contribution in [2.24, 2.45) is 0 Å². The highest BCUT2D eigenvalue weighted by Gasteiger charge is 2.20. The molecule has 5 heteroatoms. The molecule has 0 spiro atoms. The Bertz CT molecular complexity index is 1390. The molecule has 0 aliphatic carbocycles. The number of fused-ring (bicyclic) bond motifs is 2. The maximum Gasteiger partial charge on any atom is 0.255 e. The Morgan fingerprint density at radius 1 is 0.935 bits per heavy atom. The Kier molecular flexibility index (Phi) is 4.84. The topological polar surface area (TPSA) is 67.0 Å². The molecule has 2 N–H and O–H groups in total. The number of methoxy groups -OCH3 is 1. The number of aromatic nitrogens is 2. The van der Waals surface area contributed by atoms with E-state index in [2.05, 4.69) is 45.8 Å². The van der Waals surface area contributed by atoms with Crippen LogP contribution < -0.4 is 10.1 Å². The van der Waals surface area contributed by atoms with Crippen molar-refractivity contribution in [2.45, 2.75) is 6.54 Å². The number of nitrogens with one attached hydrogen (secondary N) is 2. The van der Waals surface area contributed by atoms with Gasteiger partial charge >= 0.3 is 0 Å². The molecule has 0 radical (unpaired) electrons. The second-order valence-electron chi connectivity index (χ2n) is 7.37. The number of rotatable bonds is 5. The number of H-pyrrole nitrogens is 1. The predicted octanol–water partition coefficient (Wildman–Crippen LogP) is 5.32. The van der Waals surface area contributed by atoms with Gasteiger partial charge in [-0.05, 0) is 34.5 Å². The van der Waals surface area contributed by atoms with Crippen LogP contribution in [0.4, 0.5) is 0 Å². The predicted molar refractivity (Wildman–Crippen MR) is 123 cm³/mol. The molecule has 0 unspecified atom stereocenters. The van der Waals surface area contributed by atoms with E-state index in [4.69, 9.17) is 4.74 Å². The molecule has 1 heterocycles. The van der Waals surface area contributed by atoms with E-state index < -0.39 is 0 Å². The SMILES string of the molecule is COc1c(C(=O)NCc2ccccc2)ccc2n[nH]c(-c3ccc4ccccc4c3)c12. The molecule has 0 saturated carbocycles. The summed E-state index contributed by atoms with van der Waals surface area (Å²) in [5.41, 5.74) is 4.08. The molecule has 0 saturated heterocycles. The highest BCUT2D eigenvalue weighted by molar-refractivity contribution is 6.07. The Hall–Kier alpha value is -4.12. The van der Waals surface area contributed by atoms with Crippen molar-refractivity contribution < 1.29 is 9.53 Å². The van der Waals surface area contributed by atoms with Gasteiger partial charge in [0.05, 0.1) is 29.3 Å². The lowest BCUT2D eigenvalue weighted by atomic mass is 10.0. The van der Waals surface area contributed by atoms with Crippen LogP contribution in [0.5, 0.6) is 5.75 Å². The van der Waals surface area contributed by atoms with Crippen molar-refractivity contribution in [3.05, 3.63) is 96.1 Å². The van der Waals surface area contributed by atoms with Gasteiger partial charge in [0.15, 0.2) is 0 Å². The number of amides is 1. The summed E-state index contributed by atoms with van der Waals surface area (Å²) < 4.78 is 5.72. The molecule has 0 atom stereocenters. The molecule has 0 aliphatic heterocycles. The third-order valence-electron chi connectivity index (χ3n) is 5.46. The van der Waals surface area contributed by atoms with Crippen LogP contribution in [0, 0.1) is 0 Å². The van der Waals surface area contributed by atoms with Crippen LogP contribution in [-0.2, 0) is 6.54 Å². The number of hydrogen-bond acceptors (Lipinski definition) is 3. The molecule has 0 aliphatic rings. The van der Waals surface area contributed by atoms with E-state index in [-0.39, 0.29) is 5.91 Å². The fourth-order valence-electron chi connectivity index (χ4n) is 3.90. The second kappa shape index (κ2) is 7.95. The lowest BCUT2D eigenvalue weighted by Crippen LogP contribution is -2.23. The van der Waals surface area contributed by atoms with Crippen molar-refractivity contribution in [1.82, 2.24) is 15.5 Å². The van der Waals surface area contributed by atoms with Crippen molar-refractivity contribution in [3.8, 4) is 17.0 Å². The summed E-state index contributed by atoms with van der Waals surface area (Å²) in [7, 11) is 1.58. The zero-order chi connectivity index (χ0) is 21.2. The number of carbonyl (C=O) groups is 1. The van der Waals surface area contributed by atoms with Gasteiger partial charge in [0.1, 0.15) is 5.75 Å². The van der Waals surface area contributed by atoms with Gasteiger partial charge in [0.25, 0.3) is 5.91 Å². The number of benzene rings is 4. The van der Waals surface area contributed by atoms with E-state index in [1.807, 2.05) is 48.5 Å². The van der Waals surface area contributed by atoms with E-state index in [0.717, 1.165) is 33.1 Å².